The highest BCUT2D eigenvalue weighted by atomic mass is 16.5. The molecule has 0 aliphatic heterocycles. The molecule has 140 valence electrons. The molecule has 0 bridgehead atoms. The maximum absolute atomic E-state index is 12.2. The minimum Gasteiger partial charge on any atom is -0.490 e. The van der Waals surface area contributed by atoms with Gasteiger partial charge in [0.05, 0.1) is 25.8 Å². The van der Waals surface area contributed by atoms with Crippen molar-refractivity contribution in [1.29, 1.82) is 0 Å². The molecule has 0 radical (unpaired) electrons. The van der Waals surface area contributed by atoms with Crippen LogP contribution in [0.25, 0.3) is 0 Å². The van der Waals surface area contributed by atoms with Gasteiger partial charge in [-0.1, -0.05) is 0 Å². The third-order valence-electron chi connectivity index (χ3n) is 3.61. The van der Waals surface area contributed by atoms with E-state index in [1.165, 1.54) is 0 Å². The highest BCUT2D eigenvalue weighted by molar-refractivity contribution is 5.93. The van der Waals surface area contributed by atoms with Crippen molar-refractivity contribution < 1.29 is 19.1 Å². The molecule has 7 heteroatoms. The van der Waals surface area contributed by atoms with Crippen LogP contribution in [0.4, 0.5) is 5.69 Å². The number of hydrogen-bond donors (Lipinski definition) is 2. The summed E-state index contributed by atoms with van der Waals surface area (Å²) in [5.74, 6) is 0.929. The summed E-state index contributed by atoms with van der Waals surface area (Å²) in [7, 11) is 1.74. The fourth-order valence-corrected chi connectivity index (χ4v) is 2.21. The van der Waals surface area contributed by atoms with E-state index < -0.39 is 0 Å². The van der Waals surface area contributed by atoms with Crippen LogP contribution in [0.2, 0.25) is 0 Å². The van der Waals surface area contributed by atoms with Crippen LogP contribution in [-0.2, 0) is 9.59 Å². The smallest absolute Gasteiger partial charge is 0.238 e. The van der Waals surface area contributed by atoms with Crippen molar-refractivity contribution in [2.75, 3.05) is 38.7 Å². The average Bonchev–Trinajstić information content (AvgIpc) is 2.57. The van der Waals surface area contributed by atoms with Crippen molar-refractivity contribution in [3.8, 4) is 11.5 Å². The van der Waals surface area contributed by atoms with Crippen molar-refractivity contribution in [3.05, 3.63) is 18.2 Å². The Morgan fingerprint density at radius 3 is 2.36 bits per heavy atom. The van der Waals surface area contributed by atoms with Gasteiger partial charge in [-0.2, -0.15) is 0 Å². The Balaban J connectivity index is 2.70. The lowest BCUT2D eigenvalue weighted by Gasteiger charge is -2.23. The van der Waals surface area contributed by atoms with E-state index >= 15 is 0 Å². The molecule has 0 fully saturated rings. The van der Waals surface area contributed by atoms with E-state index in [-0.39, 0.29) is 24.4 Å². The number of carbonyl (C=O) groups is 2. The third kappa shape index (κ3) is 6.62. The standard InChI is InChI=1S/C18H29N3O4/c1-6-19-18(23)13(4)21(5)12-17(22)20-14-9-10-15(24-7-2)16(11-14)25-8-3/h9-11,13H,6-8,12H2,1-5H3,(H,19,23)(H,20,22)/t13-/m1/s1. The molecule has 25 heavy (non-hydrogen) atoms. The summed E-state index contributed by atoms with van der Waals surface area (Å²) in [5.41, 5.74) is 0.621. The molecule has 7 nitrogen and oxygen atoms in total. The number of amides is 2. The van der Waals surface area contributed by atoms with Crippen molar-refractivity contribution in [3.63, 3.8) is 0 Å². The number of nitrogens with one attached hydrogen (secondary N) is 2. The molecule has 1 atom stereocenters. The summed E-state index contributed by atoms with van der Waals surface area (Å²) in [5, 5.41) is 5.56. The lowest BCUT2D eigenvalue weighted by Crippen LogP contribution is -2.45. The summed E-state index contributed by atoms with van der Waals surface area (Å²) in [6.45, 7) is 9.13. The predicted octanol–water partition coefficient (Wildman–Crippen LogP) is 1.88. The van der Waals surface area contributed by atoms with Gasteiger partial charge in [-0.15, -0.1) is 0 Å². The monoisotopic (exact) mass is 351 g/mol. The number of ether oxygens (including phenoxy) is 2. The molecule has 0 aliphatic carbocycles. The van der Waals surface area contributed by atoms with E-state index in [2.05, 4.69) is 10.6 Å². The average molecular weight is 351 g/mol. The second kappa shape index (κ2) is 10.6. The van der Waals surface area contributed by atoms with E-state index in [1.807, 2.05) is 20.8 Å². The summed E-state index contributed by atoms with van der Waals surface area (Å²) >= 11 is 0. The highest BCUT2D eigenvalue weighted by Gasteiger charge is 2.19. The number of carbonyl (C=O) groups excluding carboxylic acids is 2. The molecule has 1 rings (SSSR count). The molecule has 0 spiro atoms. The van der Waals surface area contributed by atoms with Gasteiger partial charge in [0, 0.05) is 18.3 Å². The summed E-state index contributed by atoms with van der Waals surface area (Å²) in [6, 6.07) is 4.88. The Bertz CT molecular complexity index is 577. The third-order valence-corrected chi connectivity index (χ3v) is 3.61. The molecule has 0 heterocycles. The quantitative estimate of drug-likeness (QED) is 0.673. The summed E-state index contributed by atoms with van der Waals surface area (Å²) in [4.78, 5) is 25.7. The lowest BCUT2D eigenvalue weighted by molar-refractivity contribution is -0.126. The molecule has 0 aromatic heterocycles. The number of anilines is 1. The molecular formula is C18H29N3O4. The van der Waals surface area contributed by atoms with Crippen molar-refractivity contribution >= 4 is 17.5 Å². The van der Waals surface area contributed by atoms with Crippen molar-refractivity contribution in [1.82, 2.24) is 10.2 Å². The fourth-order valence-electron chi connectivity index (χ4n) is 2.21. The van der Waals surface area contributed by atoms with Gasteiger partial charge in [-0.25, -0.2) is 0 Å². The number of rotatable bonds is 10. The Labute approximate surface area is 149 Å². The SMILES string of the molecule is CCNC(=O)[C@@H](C)N(C)CC(=O)Nc1ccc(OCC)c(OCC)c1. The molecule has 0 unspecified atom stereocenters. The van der Waals surface area contributed by atoms with Crippen LogP contribution in [0.15, 0.2) is 18.2 Å². The van der Waals surface area contributed by atoms with Crippen molar-refractivity contribution in [2.24, 2.45) is 0 Å². The minimum absolute atomic E-state index is 0.0995. The first kappa shape index (κ1) is 20.8. The molecule has 0 saturated heterocycles. The second-order valence-electron chi connectivity index (χ2n) is 5.56. The van der Waals surface area contributed by atoms with Gasteiger partial charge in [0.1, 0.15) is 0 Å². The number of nitrogens with zero attached hydrogens (tertiary/aromatic N) is 1. The largest absolute Gasteiger partial charge is 0.490 e. The van der Waals surface area contributed by atoms with Crippen LogP contribution in [-0.4, -0.2) is 56.1 Å². The summed E-state index contributed by atoms with van der Waals surface area (Å²) in [6.07, 6.45) is 0. The van der Waals surface area contributed by atoms with Gasteiger partial charge in [-0.3, -0.25) is 14.5 Å². The van der Waals surface area contributed by atoms with Crippen LogP contribution in [0.5, 0.6) is 11.5 Å². The lowest BCUT2D eigenvalue weighted by atomic mass is 10.2. The van der Waals surface area contributed by atoms with Crippen LogP contribution in [0.3, 0.4) is 0 Å². The van der Waals surface area contributed by atoms with E-state index in [0.29, 0.717) is 36.9 Å². The molecule has 0 saturated carbocycles. The second-order valence-corrected chi connectivity index (χ2v) is 5.56. The van der Waals surface area contributed by atoms with Crippen LogP contribution in [0, 0.1) is 0 Å². The fraction of sp³-hybridized carbons (Fsp3) is 0.556. The zero-order valence-electron chi connectivity index (χ0n) is 15.7. The molecule has 2 N–H and O–H groups in total. The topological polar surface area (TPSA) is 79.9 Å². The van der Waals surface area contributed by atoms with E-state index in [0.717, 1.165) is 0 Å². The van der Waals surface area contributed by atoms with Gasteiger partial charge in [0.25, 0.3) is 0 Å². The maximum Gasteiger partial charge on any atom is 0.238 e. The molecular weight excluding hydrogens is 322 g/mol. The van der Waals surface area contributed by atoms with Gasteiger partial charge in [0.15, 0.2) is 11.5 Å². The predicted molar refractivity (Wildman–Crippen MR) is 98.2 cm³/mol. The van der Waals surface area contributed by atoms with Gasteiger partial charge < -0.3 is 20.1 Å². The van der Waals surface area contributed by atoms with E-state index in [1.54, 1.807) is 37.1 Å². The number of hydrogen-bond acceptors (Lipinski definition) is 5. The zero-order chi connectivity index (χ0) is 18.8. The zero-order valence-corrected chi connectivity index (χ0v) is 15.7. The Kier molecular flexibility index (Phi) is 8.77. The first-order chi connectivity index (χ1) is 11.9. The molecule has 2 amide bonds. The van der Waals surface area contributed by atoms with Crippen LogP contribution in [0.1, 0.15) is 27.7 Å². The summed E-state index contributed by atoms with van der Waals surface area (Å²) < 4.78 is 11.1. The van der Waals surface area contributed by atoms with Crippen LogP contribution >= 0.6 is 0 Å². The first-order valence-electron chi connectivity index (χ1n) is 8.60. The van der Waals surface area contributed by atoms with Gasteiger partial charge in [-0.05, 0) is 46.9 Å². The van der Waals surface area contributed by atoms with E-state index in [9.17, 15) is 9.59 Å². The van der Waals surface area contributed by atoms with Gasteiger partial charge in [0.2, 0.25) is 11.8 Å². The Morgan fingerprint density at radius 2 is 1.76 bits per heavy atom. The minimum atomic E-state index is -0.384. The normalized spacial score (nSPS) is 11.8. The van der Waals surface area contributed by atoms with Gasteiger partial charge >= 0.3 is 0 Å². The maximum atomic E-state index is 12.2. The Morgan fingerprint density at radius 1 is 1.12 bits per heavy atom. The molecule has 1 aromatic rings. The highest BCUT2D eigenvalue weighted by Crippen LogP contribution is 2.30. The first-order valence-corrected chi connectivity index (χ1v) is 8.60. The molecule has 1 aromatic carbocycles. The molecule has 0 aliphatic rings. The number of benzene rings is 1. The van der Waals surface area contributed by atoms with Crippen LogP contribution < -0.4 is 20.1 Å². The van der Waals surface area contributed by atoms with Crippen molar-refractivity contribution in [2.45, 2.75) is 33.7 Å². The number of likely N-dealkylation sites (N-methyl/N-ethyl adjacent to an activating group) is 2. The van der Waals surface area contributed by atoms with E-state index in [4.69, 9.17) is 9.47 Å². The Hall–Kier alpha value is -2.28.